The van der Waals surface area contributed by atoms with Crippen LogP contribution in [0.4, 0.5) is 5.69 Å². The van der Waals surface area contributed by atoms with Crippen LogP contribution in [0.15, 0.2) is 29.2 Å². The van der Waals surface area contributed by atoms with E-state index in [0.29, 0.717) is 5.69 Å². The maximum absolute atomic E-state index is 12.3. The molecule has 106 valence electrons. The van der Waals surface area contributed by atoms with E-state index < -0.39 is 10.0 Å². The van der Waals surface area contributed by atoms with Crippen molar-refractivity contribution in [2.24, 2.45) is 5.41 Å². The Hall–Kier alpha value is -1.07. The number of nitrogens with two attached hydrogens (primary N) is 1. The van der Waals surface area contributed by atoms with E-state index in [1.807, 2.05) is 0 Å². The average Bonchev–Trinajstić information content (AvgIpc) is 2.27. The molecule has 0 heterocycles. The SMILES string of the molecule is CC1(C)CCCC(NS(=O)(=O)c2ccccc2N)C1. The van der Waals surface area contributed by atoms with E-state index in [-0.39, 0.29) is 16.4 Å². The lowest BCUT2D eigenvalue weighted by Gasteiger charge is -2.35. The predicted octanol–water partition coefficient (Wildman–Crippen LogP) is 2.52. The summed E-state index contributed by atoms with van der Waals surface area (Å²) < 4.78 is 27.5. The molecule has 1 aromatic rings. The van der Waals surface area contributed by atoms with Gasteiger partial charge in [0.15, 0.2) is 0 Å². The van der Waals surface area contributed by atoms with Gasteiger partial charge in [-0.1, -0.05) is 32.4 Å². The fourth-order valence-corrected chi connectivity index (χ4v) is 4.21. The molecular formula is C14H22N2O2S. The molecule has 0 bridgehead atoms. The second-order valence-corrected chi connectivity index (χ2v) is 7.80. The standard InChI is InChI=1S/C14H22N2O2S/c1-14(2)9-5-6-11(10-14)16-19(17,18)13-8-4-3-7-12(13)15/h3-4,7-8,11,16H,5-6,9-10,15H2,1-2H3. The minimum Gasteiger partial charge on any atom is -0.398 e. The summed E-state index contributed by atoms with van der Waals surface area (Å²) in [5.74, 6) is 0. The lowest BCUT2D eigenvalue weighted by Crippen LogP contribution is -2.40. The molecule has 1 atom stereocenters. The molecule has 4 nitrogen and oxygen atoms in total. The van der Waals surface area contributed by atoms with E-state index in [1.165, 1.54) is 0 Å². The van der Waals surface area contributed by atoms with Gasteiger partial charge >= 0.3 is 0 Å². The van der Waals surface area contributed by atoms with Gasteiger partial charge in [-0.25, -0.2) is 13.1 Å². The summed E-state index contributed by atoms with van der Waals surface area (Å²) in [5.41, 5.74) is 6.24. The third-order valence-electron chi connectivity index (χ3n) is 3.74. The van der Waals surface area contributed by atoms with E-state index in [1.54, 1.807) is 24.3 Å². The van der Waals surface area contributed by atoms with Crippen molar-refractivity contribution < 1.29 is 8.42 Å². The summed E-state index contributed by atoms with van der Waals surface area (Å²) in [4.78, 5) is 0.179. The Kier molecular flexibility index (Phi) is 3.87. The van der Waals surface area contributed by atoms with Crippen LogP contribution in [0.2, 0.25) is 0 Å². The van der Waals surface area contributed by atoms with Crippen molar-refractivity contribution in [2.45, 2.75) is 50.5 Å². The molecule has 2 rings (SSSR count). The van der Waals surface area contributed by atoms with Gasteiger partial charge in [-0.3, -0.25) is 0 Å². The first-order valence-electron chi connectivity index (χ1n) is 6.67. The topological polar surface area (TPSA) is 72.2 Å². The third kappa shape index (κ3) is 3.48. The molecule has 0 amide bonds. The molecule has 1 aliphatic rings. The van der Waals surface area contributed by atoms with Crippen molar-refractivity contribution in [1.82, 2.24) is 4.72 Å². The zero-order valence-corrected chi connectivity index (χ0v) is 12.3. The molecule has 19 heavy (non-hydrogen) atoms. The van der Waals surface area contributed by atoms with Crippen molar-refractivity contribution in [3.8, 4) is 0 Å². The summed E-state index contributed by atoms with van der Waals surface area (Å²) in [6.07, 6.45) is 3.98. The Morgan fingerprint density at radius 1 is 1.32 bits per heavy atom. The first-order valence-corrected chi connectivity index (χ1v) is 8.15. The van der Waals surface area contributed by atoms with Crippen LogP contribution in [-0.4, -0.2) is 14.5 Å². The highest BCUT2D eigenvalue weighted by Gasteiger charge is 2.31. The van der Waals surface area contributed by atoms with Crippen LogP contribution >= 0.6 is 0 Å². The Morgan fingerprint density at radius 2 is 2.00 bits per heavy atom. The van der Waals surface area contributed by atoms with Gasteiger partial charge in [0, 0.05) is 6.04 Å². The Bertz CT molecular complexity index is 552. The Labute approximate surface area is 115 Å². The molecule has 1 saturated carbocycles. The Morgan fingerprint density at radius 3 is 2.63 bits per heavy atom. The first-order chi connectivity index (χ1) is 8.80. The quantitative estimate of drug-likeness (QED) is 0.837. The number of benzene rings is 1. The van der Waals surface area contributed by atoms with Gasteiger partial charge in [0.2, 0.25) is 10.0 Å². The maximum Gasteiger partial charge on any atom is 0.242 e. The highest BCUT2D eigenvalue weighted by molar-refractivity contribution is 7.89. The van der Waals surface area contributed by atoms with E-state index in [2.05, 4.69) is 18.6 Å². The van der Waals surface area contributed by atoms with Crippen molar-refractivity contribution in [3.63, 3.8) is 0 Å². The summed E-state index contributed by atoms with van der Waals surface area (Å²) in [5, 5.41) is 0. The number of hydrogen-bond acceptors (Lipinski definition) is 3. The van der Waals surface area contributed by atoms with Gasteiger partial charge in [0.25, 0.3) is 0 Å². The minimum absolute atomic E-state index is 0.00774. The highest BCUT2D eigenvalue weighted by Crippen LogP contribution is 2.35. The number of nitrogen functional groups attached to an aromatic ring is 1. The molecule has 1 unspecified atom stereocenters. The van der Waals surface area contributed by atoms with Gasteiger partial charge in [-0.05, 0) is 36.8 Å². The summed E-state index contributed by atoms with van der Waals surface area (Å²) in [6.45, 7) is 4.37. The van der Waals surface area contributed by atoms with E-state index in [4.69, 9.17) is 5.73 Å². The minimum atomic E-state index is -3.52. The lowest BCUT2D eigenvalue weighted by atomic mass is 9.75. The number of anilines is 1. The molecule has 5 heteroatoms. The normalized spacial score (nSPS) is 23.2. The van der Waals surface area contributed by atoms with E-state index in [0.717, 1.165) is 25.7 Å². The number of para-hydroxylation sites is 1. The fraction of sp³-hybridized carbons (Fsp3) is 0.571. The van der Waals surface area contributed by atoms with Gasteiger partial charge in [-0.2, -0.15) is 0 Å². The van der Waals surface area contributed by atoms with Crippen LogP contribution in [0, 0.1) is 5.41 Å². The molecule has 3 N–H and O–H groups in total. The summed E-state index contributed by atoms with van der Waals surface area (Å²) in [7, 11) is -3.52. The van der Waals surface area contributed by atoms with Crippen LogP contribution in [0.5, 0.6) is 0 Å². The first kappa shape index (κ1) is 14.3. The van der Waals surface area contributed by atoms with Crippen molar-refractivity contribution in [2.75, 3.05) is 5.73 Å². The van der Waals surface area contributed by atoms with Crippen molar-refractivity contribution >= 4 is 15.7 Å². The fourth-order valence-electron chi connectivity index (χ4n) is 2.81. The summed E-state index contributed by atoms with van der Waals surface area (Å²) in [6, 6.07) is 6.59. The van der Waals surface area contributed by atoms with Crippen LogP contribution in [-0.2, 0) is 10.0 Å². The number of nitrogens with one attached hydrogen (secondary N) is 1. The third-order valence-corrected chi connectivity index (χ3v) is 5.33. The average molecular weight is 282 g/mol. The highest BCUT2D eigenvalue weighted by atomic mass is 32.2. The van der Waals surface area contributed by atoms with Gasteiger partial charge in [-0.15, -0.1) is 0 Å². The number of sulfonamides is 1. The van der Waals surface area contributed by atoms with Gasteiger partial charge in [0.1, 0.15) is 4.90 Å². The summed E-state index contributed by atoms with van der Waals surface area (Å²) >= 11 is 0. The maximum atomic E-state index is 12.3. The number of rotatable bonds is 3. The molecule has 0 aromatic heterocycles. The zero-order valence-electron chi connectivity index (χ0n) is 11.5. The van der Waals surface area contributed by atoms with Gasteiger partial charge in [0.05, 0.1) is 5.69 Å². The zero-order chi connectivity index (χ0) is 14.1. The molecule has 0 aliphatic heterocycles. The van der Waals surface area contributed by atoms with Gasteiger partial charge < -0.3 is 5.73 Å². The van der Waals surface area contributed by atoms with Crippen molar-refractivity contribution in [1.29, 1.82) is 0 Å². The molecule has 0 saturated heterocycles. The second-order valence-electron chi connectivity index (χ2n) is 6.12. The largest absolute Gasteiger partial charge is 0.398 e. The van der Waals surface area contributed by atoms with E-state index in [9.17, 15) is 8.42 Å². The molecular weight excluding hydrogens is 260 g/mol. The smallest absolute Gasteiger partial charge is 0.242 e. The molecule has 1 aromatic carbocycles. The van der Waals surface area contributed by atoms with Crippen LogP contribution < -0.4 is 10.5 Å². The van der Waals surface area contributed by atoms with Crippen LogP contribution in [0.25, 0.3) is 0 Å². The monoisotopic (exact) mass is 282 g/mol. The molecule has 1 aliphatic carbocycles. The van der Waals surface area contributed by atoms with Crippen molar-refractivity contribution in [3.05, 3.63) is 24.3 Å². The number of hydrogen-bond donors (Lipinski definition) is 2. The predicted molar refractivity (Wildman–Crippen MR) is 77.2 cm³/mol. The van der Waals surface area contributed by atoms with Crippen LogP contribution in [0.3, 0.4) is 0 Å². The second kappa shape index (κ2) is 5.13. The lowest BCUT2D eigenvalue weighted by molar-refractivity contribution is 0.212. The Balaban J connectivity index is 2.16. The molecule has 1 fully saturated rings. The van der Waals surface area contributed by atoms with Crippen LogP contribution in [0.1, 0.15) is 39.5 Å². The van der Waals surface area contributed by atoms with E-state index >= 15 is 0 Å². The molecule has 0 radical (unpaired) electrons. The molecule has 0 spiro atoms.